The SMILES string of the molecule is COCCOCCOc1ccc(N=CNO)cc1. The predicted molar refractivity (Wildman–Crippen MR) is 67.7 cm³/mol. The van der Waals surface area contributed by atoms with E-state index in [0.717, 1.165) is 11.4 Å². The van der Waals surface area contributed by atoms with Crippen LogP contribution in [-0.2, 0) is 9.47 Å². The molecule has 1 rings (SSSR count). The molecule has 0 radical (unpaired) electrons. The fourth-order valence-electron chi connectivity index (χ4n) is 1.19. The maximum atomic E-state index is 8.34. The van der Waals surface area contributed by atoms with Gasteiger partial charge in [-0.2, -0.15) is 0 Å². The zero-order valence-electron chi connectivity index (χ0n) is 10.3. The second-order valence-electron chi connectivity index (χ2n) is 3.33. The smallest absolute Gasteiger partial charge is 0.119 e. The minimum absolute atomic E-state index is 0.491. The lowest BCUT2D eigenvalue weighted by Gasteiger charge is -2.07. The van der Waals surface area contributed by atoms with Gasteiger partial charge in [-0.05, 0) is 24.3 Å². The summed E-state index contributed by atoms with van der Waals surface area (Å²) in [6, 6.07) is 7.18. The van der Waals surface area contributed by atoms with E-state index in [2.05, 4.69) is 4.99 Å². The van der Waals surface area contributed by atoms with Gasteiger partial charge in [0.15, 0.2) is 0 Å². The Hall–Kier alpha value is -1.63. The fraction of sp³-hybridized carbons (Fsp3) is 0.417. The number of methoxy groups -OCH3 is 1. The van der Waals surface area contributed by atoms with Gasteiger partial charge in [0.1, 0.15) is 18.7 Å². The molecule has 1 aromatic rings. The number of hydrogen-bond donors (Lipinski definition) is 2. The molecule has 0 spiro atoms. The largest absolute Gasteiger partial charge is 0.491 e. The van der Waals surface area contributed by atoms with Crippen LogP contribution < -0.4 is 10.2 Å². The van der Waals surface area contributed by atoms with Crippen LogP contribution in [0.2, 0.25) is 0 Å². The Morgan fingerprint density at radius 1 is 1.17 bits per heavy atom. The molecule has 0 amide bonds. The highest BCUT2D eigenvalue weighted by Gasteiger charge is 1.94. The summed E-state index contributed by atoms with van der Waals surface area (Å²) in [5.41, 5.74) is 2.56. The second-order valence-corrected chi connectivity index (χ2v) is 3.33. The van der Waals surface area contributed by atoms with E-state index in [-0.39, 0.29) is 0 Å². The second kappa shape index (κ2) is 9.41. The molecule has 18 heavy (non-hydrogen) atoms. The molecule has 6 heteroatoms. The molecule has 0 aliphatic heterocycles. The maximum Gasteiger partial charge on any atom is 0.119 e. The number of nitrogens with one attached hydrogen (secondary N) is 1. The normalized spacial score (nSPS) is 10.8. The Morgan fingerprint density at radius 3 is 2.56 bits per heavy atom. The third kappa shape index (κ3) is 6.19. The highest BCUT2D eigenvalue weighted by molar-refractivity contribution is 5.59. The minimum atomic E-state index is 0.491. The van der Waals surface area contributed by atoms with Crippen molar-refractivity contribution in [2.75, 3.05) is 33.5 Å². The van der Waals surface area contributed by atoms with Crippen LogP contribution in [-0.4, -0.2) is 45.1 Å². The number of benzene rings is 1. The Balaban J connectivity index is 2.20. The third-order valence-corrected chi connectivity index (χ3v) is 2.04. The van der Waals surface area contributed by atoms with E-state index in [1.807, 2.05) is 5.48 Å². The summed E-state index contributed by atoms with van der Waals surface area (Å²) < 4.78 is 15.6. The molecule has 0 aliphatic rings. The molecular weight excluding hydrogens is 236 g/mol. The fourth-order valence-corrected chi connectivity index (χ4v) is 1.19. The summed E-state index contributed by atoms with van der Waals surface area (Å²) in [5, 5.41) is 8.34. The molecule has 100 valence electrons. The van der Waals surface area contributed by atoms with E-state index in [1.54, 1.807) is 31.4 Å². The summed E-state index contributed by atoms with van der Waals surface area (Å²) in [6.45, 7) is 2.18. The van der Waals surface area contributed by atoms with E-state index < -0.39 is 0 Å². The number of ether oxygens (including phenoxy) is 3. The molecule has 0 unspecified atom stereocenters. The van der Waals surface area contributed by atoms with Gasteiger partial charge in [-0.15, -0.1) is 0 Å². The molecule has 0 heterocycles. The molecule has 0 fully saturated rings. The van der Waals surface area contributed by atoms with Crippen LogP contribution in [0, 0.1) is 0 Å². The van der Waals surface area contributed by atoms with Gasteiger partial charge in [-0.3, -0.25) is 10.7 Å². The van der Waals surface area contributed by atoms with Gasteiger partial charge in [0.05, 0.1) is 25.5 Å². The zero-order valence-corrected chi connectivity index (χ0v) is 10.3. The van der Waals surface area contributed by atoms with Crippen molar-refractivity contribution in [3.05, 3.63) is 24.3 Å². The van der Waals surface area contributed by atoms with E-state index in [1.165, 1.54) is 6.34 Å². The molecule has 0 saturated heterocycles. The van der Waals surface area contributed by atoms with Crippen molar-refractivity contribution in [3.63, 3.8) is 0 Å². The summed E-state index contributed by atoms with van der Waals surface area (Å²) in [4.78, 5) is 3.92. The van der Waals surface area contributed by atoms with E-state index in [4.69, 9.17) is 19.4 Å². The molecule has 0 bridgehead atoms. The van der Waals surface area contributed by atoms with Crippen molar-refractivity contribution in [1.82, 2.24) is 5.48 Å². The van der Waals surface area contributed by atoms with Gasteiger partial charge in [0, 0.05) is 7.11 Å². The average Bonchev–Trinajstić information content (AvgIpc) is 2.42. The molecule has 1 aromatic carbocycles. The molecular formula is C12H18N2O4. The van der Waals surface area contributed by atoms with E-state index >= 15 is 0 Å². The van der Waals surface area contributed by atoms with Crippen molar-refractivity contribution < 1.29 is 19.4 Å². The average molecular weight is 254 g/mol. The van der Waals surface area contributed by atoms with E-state index in [9.17, 15) is 0 Å². The molecule has 6 nitrogen and oxygen atoms in total. The Kier molecular flexibility index (Phi) is 7.54. The maximum absolute atomic E-state index is 8.34. The molecule has 2 N–H and O–H groups in total. The minimum Gasteiger partial charge on any atom is -0.491 e. The molecule has 0 aliphatic carbocycles. The van der Waals surface area contributed by atoms with Crippen molar-refractivity contribution in [1.29, 1.82) is 0 Å². The van der Waals surface area contributed by atoms with Gasteiger partial charge in [0.25, 0.3) is 0 Å². The lowest BCUT2D eigenvalue weighted by atomic mass is 10.3. The number of hydroxylamine groups is 1. The number of aliphatic imine (C=N–C) groups is 1. The van der Waals surface area contributed by atoms with Crippen LogP contribution in [0.5, 0.6) is 5.75 Å². The van der Waals surface area contributed by atoms with Crippen LogP contribution in [0.4, 0.5) is 5.69 Å². The lowest BCUT2D eigenvalue weighted by Crippen LogP contribution is -2.09. The first kappa shape index (κ1) is 14.4. The summed E-state index contributed by atoms with van der Waals surface area (Å²) >= 11 is 0. The van der Waals surface area contributed by atoms with Crippen LogP contribution in [0.25, 0.3) is 0 Å². The molecule has 0 aromatic heterocycles. The summed E-state index contributed by atoms with van der Waals surface area (Å²) in [7, 11) is 1.64. The lowest BCUT2D eigenvalue weighted by molar-refractivity contribution is 0.0544. The van der Waals surface area contributed by atoms with Crippen LogP contribution in [0.1, 0.15) is 0 Å². The van der Waals surface area contributed by atoms with Crippen LogP contribution >= 0.6 is 0 Å². The highest BCUT2D eigenvalue weighted by atomic mass is 16.5. The Labute approximate surface area is 106 Å². The van der Waals surface area contributed by atoms with Crippen molar-refractivity contribution in [2.24, 2.45) is 4.99 Å². The predicted octanol–water partition coefficient (Wildman–Crippen LogP) is 1.37. The van der Waals surface area contributed by atoms with Crippen LogP contribution in [0.3, 0.4) is 0 Å². The highest BCUT2D eigenvalue weighted by Crippen LogP contribution is 2.17. The standard InChI is InChI=1S/C12H18N2O4/c1-16-6-7-17-8-9-18-12-4-2-11(3-5-12)13-10-14-15/h2-5,10,15H,6-9H2,1H3,(H,13,14). The number of nitrogens with zero attached hydrogens (tertiary/aromatic N) is 1. The van der Waals surface area contributed by atoms with Gasteiger partial charge < -0.3 is 14.2 Å². The van der Waals surface area contributed by atoms with Gasteiger partial charge in [0.2, 0.25) is 0 Å². The quantitative estimate of drug-likeness (QED) is 0.301. The van der Waals surface area contributed by atoms with Crippen LogP contribution in [0.15, 0.2) is 29.3 Å². The van der Waals surface area contributed by atoms with Crippen molar-refractivity contribution in [2.45, 2.75) is 0 Å². The van der Waals surface area contributed by atoms with Gasteiger partial charge in [-0.1, -0.05) is 0 Å². The monoisotopic (exact) mass is 254 g/mol. The topological polar surface area (TPSA) is 72.3 Å². The number of rotatable bonds is 9. The summed E-state index contributed by atoms with van der Waals surface area (Å²) in [5.74, 6) is 0.751. The third-order valence-electron chi connectivity index (χ3n) is 2.04. The van der Waals surface area contributed by atoms with E-state index in [0.29, 0.717) is 26.4 Å². The summed E-state index contributed by atoms with van der Waals surface area (Å²) in [6.07, 6.45) is 1.19. The molecule has 0 atom stereocenters. The zero-order chi connectivity index (χ0) is 13.1. The van der Waals surface area contributed by atoms with Gasteiger partial charge in [-0.25, -0.2) is 4.99 Å². The van der Waals surface area contributed by atoms with Gasteiger partial charge >= 0.3 is 0 Å². The Morgan fingerprint density at radius 2 is 1.89 bits per heavy atom. The Bertz CT molecular complexity index is 340. The first-order valence-electron chi connectivity index (χ1n) is 5.58. The van der Waals surface area contributed by atoms with Crippen molar-refractivity contribution >= 4 is 12.0 Å². The van der Waals surface area contributed by atoms with Crippen molar-refractivity contribution in [3.8, 4) is 5.75 Å². The molecule has 0 saturated carbocycles. The first-order chi connectivity index (χ1) is 8.86. The number of hydrogen-bond acceptors (Lipinski definition) is 5. The first-order valence-corrected chi connectivity index (χ1v) is 5.58.